The van der Waals surface area contributed by atoms with E-state index in [1.54, 1.807) is 17.7 Å². The zero-order chi connectivity index (χ0) is 16.7. The maximum atomic E-state index is 11.4. The number of fused-ring (bicyclic) bond motifs is 1. The first kappa shape index (κ1) is 17.1. The highest BCUT2D eigenvalue weighted by Crippen LogP contribution is 2.20. The van der Waals surface area contributed by atoms with E-state index in [1.807, 2.05) is 19.1 Å². The van der Waals surface area contributed by atoms with Crippen LogP contribution in [-0.2, 0) is 20.8 Å². The van der Waals surface area contributed by atoms with Crippen molar-refractivity contribution in [1.82, 2.24) is 15.0 Å². The van der Waals surface area contributed by atoms with Crippen LogP contribution in [0.3, 0.4) is 0 Å². The minimum absolute atomic E-state index is 0.00731. The van der Waals surface area contributed by atoms with E-state index in [4.69, 9.17) is 14.6 Å². The Morgan fingerprint density at radius 3 is 2.96 bits per heavy atom. The Bertz CT molecular complexity index is 694. The predicted molar refractivity (Wildman–Crippen MR) is 85.8 cm³/mol. The van der Waals surface area contributed by atoms with Gasteiger partial charge in [0, 0.05) is 6.08 Å². The third-order valence-corrected chi connectivity index (χ3v) is 3.35. The Hall–Kier alpha value is -2.25. The molecular weight excluding hydrogens is 298 g/mol. The van der Waals surface area contributed by atoms with E-state index >= 15 is 0 Å². The molecule has 23 heavy (non-hydrogen) atoms. The summed E-state index contributed by atoms with van der Waals surface area (Å²) in [5, 5.41) is 17.0. The maximum absolute atomic E-state index is 11.4. The van der Waals surface area contributed by atoms with Crippen molar-refractivity contribution in [3.63, 3.8) is 0 Å². The van der Waals surface area contributed by atoms with Crippen LogP contribution in [-0.4, -0.2) is 52.5 Å². The topological polar surface area (TPSA) is 86.5 Å². The Balaban J connectivity index is 2.15. The molecule has 2 aromatic rings. The van der Waals surface area contributed by atoms with Crippen LogP contribution >= 0.6 is 0 Å². The molecule has 1 aromatic carbocycles. The molecule has 0 bridgehead atoms. The van der Waals surface area contributed by atoms with E-state index in [-0.39, 0.29) is 12.6 Å². The number of carbonyl (C=O) groups excluding carboxylic acids is 1. The summed E-state index contributed by atoms with van der Waals surface area (Å²) in [4.78, 5) is 11.4. The van der Waals surface area contributed by atoms with Gasteiger partial charge in [-0.05, 0) is 37.1 Å². The molecule has 124 valence electrons. The molecule has 0 aliphatic rings. The number of aliphatic hydroxyl groups is 1. The lowest BCUT2D eigenvalue weighted by atomic mass is 10.1. The van der Waals surface area contributed by atoms with Crippen LogP contribution < -0.4 is 0 Å². The summed E-state index contributed by atoms with van der Waals surface area (Å²) in [6, 6.07) is 3.83. The molecule has 0 aliphatic heterocycles. The average molecular weight is 319 g/mol. The molecule has 0 saturated heterocycles. The number of nitrogens with zero attached hydrogens (tertiary/aromatic N) is 3. The van der Waals surface area contributed by atoms with Crippen LogP contribution in [0.2, 0.25) is 0 Å². The number of aliphatic hydroxyl groups excluding tert-OH is 1. The molecule has 0 amide bonds. The number of benzene rings is 1. The van der Waals surface area contributed by atoms with E-state index in [2.05, 4.69) is 10.3 Å². The fourth-order valence-electron chi connectivity index (χ4n) is 2.19. The summed E-state index contributed by atoms with van der Waals surface area (Å²) >= 11 is 0. The standard InChI is InChI=1S/C16H21N3O4/c1-3-23-15(21)7-5-13-4-6-14-16(12(13)2)17-18-19(14)8-10-22-11-9-20/h4-7,20H,3,8-11H2,1-2H3/b7-5+. The molecule has 0 radical (unpaired) electrons. The van der Waals surface area contributed by atoms with Gasteiger partial charge in [0.05, 0.1) is 38.5 Å². The molecule has 0 aliphatic carbocycles. The van der Waals surface area contributed by atoms with Crippen molar-refractivity contribution >= 4 is 23.1 Å². The van der Waals surface area contributed by atoms with E-state index < -0.39 is 0 Å². The minimum Gasteiger partial charge on any atom is -0.463 e. The highest BCUT2D eigenvalue weighted by molar-refractivity contribution is 5.89. The molecule has 0 atom stereocenters. The second-order valence-electron chi connectivity index (χ2n) is 4.88. The van der Waals surface area contributed by atoms with Gasteiger partial charge in [-0.3, -0.25) is 0 Å². The lowest BCUT2D eigenvalue weighted by molar-refractivity contribution is -0.137. The van der Waals surface area contributed by atoms with Crippen molar-refractivity contribution in [1.29, 1.82) is 0 Å². The van der Waals surface area contributed by atoms with Gasteiger partial charge in [0.2, 0.25) is 0 Å². The van der Waals surface area contributed by atoms with Gasteiger partial charge >= 0.3 is 5.97 Å². The predicted octanol–water partition coefficient (Wildman–Crippen LogP) is 1.32. The molecule has 0 unspecified atom stereocenters. The van der Waals surface area contributed by atoms with Gasteiger partial charge < -0.3 is 14.6 Å². The normalized spacial score (nSPS) is 11.4. The molecule has 0 spiro atoms. The van der Waals surface area contributed by atoms with Crippen molar-refractivity contribution in [2.24, 2.45) is 0 Å². The highest BCUT2D eigenvalue weighted by Gasteiger charge is 2.09. The molecule has 2 rings (SSSR count). The van der Waals surface area contributed by atoms with Gasteiger partial charge in [-0.2, -0.15) is 0 Å². The van der Waals surface area contributed by atoms with E-state index in [0.717, 1.165) is 22.2 Å². The van der Waals surface area contributed by atoms with Gasteiger partial charge in [0.1, 0.15) is 5.52 Å². The number of hydrogen-bond acceptors (Lipinski definition) is 6. The zero-order valence-electron chi connectivity index (χ0n) is 13.4. The molecule has 0 saturated carbocycles. The summed E-state index contributed by atoms with van der Waals surface area (Å²) in [7, 11) is 0. The maximum Gasteiger partial charge on any atom is 0.330 e. The minimum atomic E-state index is -0.364. The second kappa shape index (κ2) is 8.40. The lowest BCUT2D eigenvalue weighted by Gasteiger charge is -2.05. The monoisotopic (exact) mass is 319 g/mol. The van der Waals surface area contributed by atoms with Crippen LogP contribution in [0.5, 0.6) is 0 Å². The quantitative estimate of drug-likeness (QED) is 0.449. The van der Waals surface area contributed by atoms with Crippen LogP contribution in [0.15, 0.2) is 18.2 Å². The Morgan fingerprint density at radius 2 is 2.22 bits per heavy atom. The van der Waals surface area contributed by atoms with Gasteiger partial charge in [0.25, 0.3) is 0 Å². The van der Waals surface area contributed by atoms with Crippen LogP contribution in [0.1, 0.15) is 18.1 Å². The van der Waals surface area contributed by atoms with E-state index in [9.17, 15) is 4.79 Å². The molecule has 1 N–H and O–H groups in total. The lowest BCUT2D eigenvalue weighted by Crippen LogP contribution is -2.09. The third kappa shape index (κ3) is 4.37. The SMILES string of the molecule is CCOC(=O)/C=C/c1ccc2c(nnn2CCOCCO)c1C. The first-order valence-corrected chi connectivity index (χ1v) is 7.53. The van der Waals surface area contributed by atoms with Crippen molar-refractivity contribution in [2.45, 2.75) is 20.4 Å². The summed E-state index contributed by atoms with van der Waals surface area (Å²) in [5.74, 6) is -0.364. The number of hydrogen-bond donors (Lipinski definition) is 1. The number of ether oxygens (including phenoxy) is 2. The Labute approximate surface area is 134 Å². The fraction of sp³-hybridized carbons (Fsp3) is 0.438. The first-order chi connectivity index (χ1) is 11.2. The summed E-state index contributed by atoms with van der Waals surface area (Å²) in [6.07, 6.45) is 3.13. The fourth-order valence-corrected chi connectivity index (χ4v) is 2.19. The molecular formula is C16H21N3O4. The van der Waals surface area contributed by atoms with Crippen molar-refractivity contribution in [2.75, 3.05) is 26.4 Å². The largest absolute Gasteiger partial charge is 0.463 e. The van der Waals surface area contributed by atoms with Crippen molar-refractivity contribution in [3.05, 3.63) is 29.3 Å². The molecule has 7 nitrogen and oxygen atoms in total. The molecule has 7 heteroatoms. The van der Waals surface area contributed by atoms with Crippen molar-refractivity contribution < 1.29 is 19.4 Å². The average Bonchev–Trinajstić information content (AvgIpc) is 2.95. The van der Waals surface area contributed by atoms with Crippen LogP contribution in [0, 0.1) is 6.92 Å². The van der Waals surface area contributed by atoms with Crippen LogP contribution in [0.25, 0.3) is 17.1 Å². The number of rotatable bonds is 8. The summed E-state index contributed by atoms with van der Waals surface area (Å²) < 4.78 is 11.9. The molecule has 1 heterocycles. The van der Waals surface area contributed by atoms with E-state index in [0.29, 0.717) is 26.4 Å². The van der Waals surface area contributed by atoms with Crippen LogP contribution in [0.4, 0.5) is 0 Å². The van der Waals surface area contributed by atoms with Crippen molar-refractivity contribution in [3.8, 4) is 0 Å². The van der Waals surface area contributed by atoms with Gasteiger partial charge in [-0.1, -0.05) is 11.3 Å². The summed E-state index contributed by atoms with van der Waals surface area (Å²) in [6.45, 7) is 5.41. The number of esters is 1. The van der Waals surface area contributed by atoms with Gasteiger partial charge in [-0.15, -0.1) is 5.10 Å². The second-order valence-corrected chi connectivity index (χ2v) is 4.88. The highest BCUT2D eigenvalue weighted by atomic mass is 16.5. The summed E-state index contributed by atoms with van der Waals surface area (Å²) in [5.41, 5.74) is 3.54. The van der Waals surface area contributed by atoms with E-state index in [1.165, 1.54) is 6.08 Å². The Morgan fingerprint density at radius 1 is 1.39 bits per heavy atom. The number of aromatic nitrogens is 3. The molecule has 1 aromatic heterocycles. The Kier molecular flexibility index (Phi) is 6.25. The number of aryl methyl sites for hydroxylation is 1. The van der Waals surface area contributed by atoms with Gasteiger partial charge in [0.15, 0.2) is 0 Å². The third-order valence-electron chi connectivity index (χ3n) is 3.35. The zero-order valence-corrected chi connectivity index (χ0v) is 13.4. The first-order valence-electron chi connectivity index (χ1n) is 7.53. The smallest absolute Gasteiger partial charge is 0.330 e. The molecule has 0 fully saturated rings. The van der Waals surface area contributed by atoms with Gasteiger partial charge in [-0.25, -0.2) is 9.48 Å². The number of carbonyl (C=O) groups is 1.